The third kappa shape index (κ3) is 7.41. The van der Waals surface area contributed by atoms with Crippen LogP contribution in [-0.4, -0.2) is 0 Å². The number of nitrogens with one attached hydrogen (secondary N) is 1. The number of rotatable bonds is 4. The molecule has 0 saturated heterocycles. The fourth-order valence-corrected chi connectivity index (χ4v) is 16.6. The number of halogens is 1. The van der Waals surface area contributed by atoms with Crippen LogP contribution in [0.3, 0.4) is 0 Å². The Labute approximate surface area is 404 Å². The van der Waals surface area contributed by atoms with Crippen LogP contribution in [0.1, 0.15) is 146 Å². The molecule has 8 saturated carbocycles. The minimum Gasteiger partial charge on any atom is -0.399 e. The lowest BCUT2D eigenvalue weighted by Gasteiger charge is -2.57. The van der Waals surface area contributed by atoms with Gasteiger partial charge in [0.1, 0.15) is 0 Å². The third-order valence-electron chi connectivity index (χ3n) is 18.5. The molecule has 2 nitrogen and oxygen atoms in total. The Morgan fingerprint density at radius 3 is 1.24 bits per heavy atom. The Kier molecular flexibility index (Phi) is 10.8. The molecule has 3 heteroatoms. The SMILES string of the molecule is Brc1ccc(C23CC4CC(CC(C4)C2)C3)cc1.C.CC1(C)c2ccccc2-c2ccc(N)cc21.CC1(C)c2ccccc2-c2ccc(Nc3ccc(C45CC6CC(CC(C6)C4)C5)cc3)cc21. The molecule has 0 aromatic heterocycles. The molecule has 0 spiro atoms. The Balaban J connectivity index is 0.000000119. The van der Waals surface area contributed by atoms with Crippen molar-refractivity contribution in [2.24, 2.45) is 35.5 Å². The van der Waals surface area contributed by atoms with Crippen molar-refractivity contribution < 1.29 is 0 Å². The lowest BCUT2D eigenvalue weighted by atomic mass is 9.48. The summed E-state index contributed by atoms with van der Waals surface area (Å²) in [5, 5.41) is 3.70. The van der Waals surface area contributed by atoms with E-state index in [9.17, 15) is 0 Å². The summed E-state index contributed by atoms with van der Waals surface area (Å²) < 4.78 is 1.21. The second kappa shape index (κ2) is 16.3. The van der Waals surface area contributed by atoms with Gasteiger partial charge < -0.3 is 11.1 Å². The van der Waals surface area contributed by atoms with Gasteiger partial charge in [-0.15, -0.1) is 0 Å². The van der Waals surface area contributed by atoms with Crippen LogP contribution in [0.15, 0.2) is 138 Å². The van der Waals surface area contributed by atoms with E-state index in [-0.39, 0.29) is 18.3 Å². The Morgan fingerprint density at radius 1 is 0.424 bits per heavy atom. The van der Waals surface area contributed by atoms with Gasteiger partial charge in [-0.1, -0.05) is 136 Å². The summed E-state index contributed by atoms with van der Waals surface area (Å²) >= 11 is 3.56. The number of nitrogen functional groups attached to an aromatic ring is 1. The summed E-state index contributed by atoms with van der Waals surface area (Å²) in [6.45, 7) is 9.22. The predicted octanol–water partition coefficient (Wildman–Crippen LogP) is 17.3. The molecule has 8 bridgehead atoms. The van der Waals surface area contributed by atoms with Crippen LogP contribution >= 0.6 is 15.9 Å². The van der Waals surface area contributed by atoms with Gasteiger partial charge >= 0.3 is 0 Å². The number of hydrogen-bond acceptors (Lipinski definition) is 2. The zero-order valence-corrected chi connectivity index (χ0v) is 40.7. The topological polar surface area (TPSA) is 38.0 Å². The molecule has 10 aliphatic rings. The first kappa shape index (κ1) is 43.9. The number of hydrogen-bond donors (Lipinski definition) is 2. The highest BCUT2D eigenvalue weighted by Crippen LogP contribution is 2.62. The highest BCUT2D eigenvalue weighted by Gasteiger charge is 2.53. The molecule has 16 rings (SSSR count). The molecule has 10 aliphatic carbocycles. The Bertz CT molecular complexity index is 2700. The summed E-state index contributed by atoms with van der Waals surface area (Å²) in [5.74, 6) is 6.13. The normalized spacial score (nSPS) is 29.8. The maximum Gasteiger partial charge on any atom is 0.0387 e. The average molecular weight is 936 g/mol. The lowest BCUT2D eigenvalue weighted by molar-refractivity contribution is -0.00530. The largest absolute Gasteiger partial charge is 0.399 e. The molecule has 0 amide bonds. The molecule has 3 N–H and O–H groups in total. The highest BCUT2D eigenvalue weighted by atomic mass is 79.9. The van der Waals surface area contributed by atoms with E-state index >= 15 is 0 Å². The summed E-state index contributed by atoms with van der Waals surface area (Å²) in [6.07, 6.45) is 17.9. The smallest absolute Gasteiger partial charge is 0.0387 e. The summed E-state index contributed by atoms with van der Waals surface area (Å²) in [7, 11) is 0. The second-order valence-corrected chi connectivity index (χ2v) is 24.4. The maximum atomic E-state index is 5.89. The summed E-state index contributed by atoms with van der Waals surface area (Å²) in [5.41, 5.74) is 24.6. The van der Waals surface area contributed by atoms with Crippen LogP contribution in [0.5, 0.6) is 0 Å². The van der Waals surface area contributed by atoms with Crippen molar-refractivity contribution in [3.8, 4) is 22.3 Å². The molecule has 6 aromatic carbocycles. The zero-order valence-electron chi connectivity index (χ0n) is 39.1. The van der Waals surface area contributed by atoms with Crippen molar-refractivity contribution in [3.63, 3.8) is 0 Å². The Hall–Kier alpha value is -4.60. The molecular formula is C63H71BrN2. The van der Waals surface area contributed by atoms with Crippen molar-refractivity contribution in [3.05, 3.63) is 171 Å². The van der Waals surface area contributed by atoms with Gasteiger partial charge in [0.2, 0.25) is 0 Å². The van der Waals surface area contributed by atoms with Crippen LogP contribution < -0.4 is 11.1 Å². The standard InChI is InChI=1S/C31H33N.C16H19Br.C15H15N.CH4/c1-30(2)28-6-4-3-5-26(28)27-12-11-25(16-29(27)30)32-24-9-7-23(8-10-24)31-17-20-13-21(18-31)15-22(14-20)19-31;17-15-3-1-14(2-4-15)16-8-11-5-12(9-16)7-13(6-11)10-16;1-15(2)13-6-4-3-5-11(13)12-8-7-10(16)9-14(12)15;/h3-12,16,20-22,32H,13-15,17-19H2,1-2H3;1-4,11-13H,5-10H2;3-9H,16H2,1-2H3;1H4. The van der Waals surface area contributed by atoms with Crippen LogP contribution in [0.4, 0.5) is 17.1 Å². The van der Waals surface area contributed by atoms with Gasteiger partial charge in [-0.3, -0.25) is 0 Å². The van der Waals surface area contributed by atoms with Crippen molar-refractivity contribution in [1.82, 2.24) is 0 Å². The minimum absolute atomic E-state index is 0. The molecule has 66 heavy (non-hydrogen) atoms. The first-order chi connectivity index (χ1) is 31.3. The fraction of sp³-hybridized carbons (Fsp3) is 0.429. The minimum atomic E-state index is 0. The molecule has 0 atom stereocenters. The zero-order chi connectivity index (χ0) is 44.3. The maximum absolute atomic E-state index is 5.89. The van der Waals surface area contributed by atoms with Crippen LogP contribution in [0, 0.1) is 35.5 Å². The molecule has 0 aliphatic heterocycles. The van der Waals surface area contributed by atoms with Crippen molar-refractivity contribution >= 4 is 33.0 Å². The van der Waals surface area contributed by atoms with Gasteiger partial charge in [-0.25, -0.2) is 0 Å². The van der Waals surface area contributed by atoms with Crippen LogP contribution in [0.25, 0.3) is 22.3 Å². The number of anilines is 3. The number of fused-ring (bicyclic) bond motifs is 6. The molecule has 340 valence electrons. The molecular weight excluding hydrogens is 865 g/mol. The van der Waals surface area contributed by atoms with Crippen molar-refractivity contribution in [2.75, 3.05) is 11.1 Å². The van der Waals surface area contributed by atoms with Gasteiger partial charge in [-0.05, 0) is 228 Å². The highest BCUT2D eigenvalue weighted by molar-refractivity contribution is 9.10. The van der Waals surface area contributed by atoms with E-state index in [1.807, 2.05) is 6.07 Å². The number of benzene rings is 6. The van der Waals surface area contributed by atoms with Gasteiger partial charge in [0.15, 0.2) is 0 Å². The Morgan fingerprint density at radius 2 is 0.788 bits per heavy atom. The van der Waals surface area contributed by atoms with Crippen LogP contribution in [0.2, 0.25) is 0 Å². The van der Waals surface area contributed by atoms with Crippen molar-refractivity contribution in [2.45, 2.75) is 134 Å². The van der Waals surface area contributed by atoms with E-state index in [2.05, 4.69) is 176 Å². The molecule has 8 fully saturated rings. The molecule has 0 heterocycles. The van der Waals surface area contributed by atoms with E-state index in [0.29, 0.717) is 10.8 Å². The second-order valence-electron chi connectivity index (χ2n) is 23.5. The van der Waals surface area contributed by atoms with Gasteiger partial charge in [-0.2, -0.15) is 0 Å². The van der Waals surface area contributed by atoms with Gasteiger partial charge in [0.05, 0.1) is 0 Å². The molecule has 0 unspecified atom stereocenters. The van der Waals surface area contributed by atoms with Crippen LogP contribution in [-0.2, 0) is 21.7 Å². The van der Waals surface area contributed by atoms with Gasteiger partial charge in [0.25, 0.3) is 0 Å². The summed E-state index contributed by atoms with van der Waals surface area (Å²) in [6, 6.07) is 49.3. The number of nitrogens with two attached hydrogens (primary N) is 1. The lowest BCUT2D eigenvalue weighted by Crippen LogP contribution is -2.48. The first-order valence-corrected chi connectivity index (χ1v) is 26.0. The van der Waals surface area contributed by atoms with Gasteiger partial charge in [0, 0.05) is 32.4 Å². The van der Waals surface area contributed by atoms with E-state index in [4.69, 9.17) is 5.73 Å². The monoisotopic (exact) mass is 934 g/mol. The predicted molar refractivity (Wildman–Crippen MR) is 283 cm³/mol. The summed E-state index contributed by atoms with van der Waals surface area (Å²) in [4.78, 5) is 0. The fourth-order valence-electron chi connectivity index (χ4n) is 16.3. The van der Waals surface area contributed by atoms with Crippen molar-refractivity contribution in [1.29, 1.82) is 0 Å². The molecule has 6 aromatic rings. The van der Waals surface area contributed by atoms with E-state index in [0.717, 1.165) is 41.2 Å². The third-order valence-corrected chi connectivity index (χ3v) is 19.0. The molecule has 0 radical (unpaired) electrons. The van der Waals surface area contributed by atoms with E-state index in [1.165, 1.54) is 137 Å². The average Bonchev–Trinajstić information content (AvgIpc) is 3.65. The van der Waals surface area contributed by atoms with E-state index < -0.39 is 0 Å². The van der Waals surface area contributed by atoms with E-state index in [1.54, 1.807) is 11.1 Å². The first-order valence-electron chi connectivity index (χ1n) is 25.2. The quantitative estimate of drug-likeness (QED) is 0.173.